The number of β-lactam (4-membered cyclic amide) rings is 1. The molecule has 1 aliphatic heterocycles. The van der Waals surface area contributed by atoms with E-state index in [1.54, 1.807) is 25.3 Å². The quantitative estimate of drug-likeness (QED) is 0.444. The standard InChI is InChI=1S/C25H26N4O4/c1-3-33-24(31)22-20(13-16-11-12-27-21(26)14-16)23(30)29(22)25(32)28-15(2)18-10-6-8-17-7-4-5-9-19(17)18/h4-12,14-15,20,22H,3,13H2,1-2H3,(H2,26,27)(H,28,32)/t15-,20-,22+/m1/s1. The van der Waals surface area contributed by atoms with E-state index in [4.69, 9.17) is 10.5 Å². The smallest absolute Gasteiger partial charge is 0.330 e. The molecule has 0 aliphatic carbocycles. The summed E-state index contributed by atoms with van der Waals surface area (Å²) in [4.78, 5) is 43.6. The first kappa shape index (κ1) is 22.3. The van der Waals surface area contributed by atoms with Gasteiger partial charge in [-0.1, -0.05) is 42.5 Å². The van der Waals surface area contributed by atoms with Crippen LogP contribution < -0.4 is 11.1 Å². The maximum absolute atomic E-state index is 13.1. The maximum atomic E-state index is 13.1. The highest BCUT2D eigenvalue weighted by Crippen LogP contribution is 2.32. The Bertz CT molecular complexity index is 1210. The van der Waals surface area contributed by atoms with Gasteiger partial charge in [0, 0.05) is 6.20 Å². The molecule has 3 N–H and O–H groups in total. The topological polar surface area (TPSA) is 115 Å². The van der Waals surface area contributed by atoms with Crippen molar-refractivity contribution in [2.45, 2.75) is 32.4 Å². The third kappa shape index (κ3) is 4.37. The van der Waals surface area contributed by atoms with Crippen molar-refractivity contribution in [1.82, 2.24) is 15.2 Å². The normalized spacial score (nSPS) is 18.5. The molecule has 33 heavy (non-hydrogen) atoms. The van der Waals surface area contributed by atoms with Crippen molar-refractivity contribution in [2.75, 3.05) is 12.3 Å². The number of amides is 3. The zero-order valence-corrected chi connectivity index (χ0v) is 18.5. The van der Waals surface area contributed by atoms with Crippen LogP contribution in [0.3, 0.4) is 0 Å². The second-order valence-corrected chi connectivity index (χ2v) is 8.04. The molecular formula is C25H26N4O4. The largest absolute Gasteiger partial charge is 0.464 e. The molecule has 2 aromatic carbocycles. The number of carbonyl (C=O) groups excluding carboxylic acids is 3. The first-order chi connectivity index (χ1) is 15.9. The fourth-order valence-corrected chi connectivity index (χ4v) is 4.31. The Balaban J connectivity index is 1.54. The van der Waals surface area contributed by atoms with Gasteiger partial charge in [-0.05, 0) is 54.3 Å². The number of esters is 1. The molecule has 8 heteroatoms. The third-order valence-electron chi connectivity index (χ3n) is 5.89. The number of pyridine rings is 1. The van der Waals surface area contributed by atoms with Gasteiger partial charge in [0.15, 0.2) is 6.04 Å². The SMILES string of the molecule is CCOC(=O)[C@@H]1[C@@H](Cc2ccnc(N)c2)C(=O)N1C(=O)N[C@H](C)c1cccc2ccccc12. The van der Waals surface area contributed by atoms with Crippen LogP contribution in [0, 0.1) is 5.92 Å². The predicted octanol–water partition coefficient (Wildman–Crippen LogP) is 3.22. The lowest BCUT2D eigenvalue weighted by molar-refractivity contribution is -0.169. The monoisotopic (exact) mass is 446 g/mol. The highest BCUT2D eigenvalue weighted by atomic mass is 16.5. The molecule has 3 aromatic rings. The number of hydrogen-bond donors (Lipinski definition) is 2. The van der Waals surface area contributed by atoms with E-state index in [2.05, 4.69) is 10.3 Å². The van der Waals surface area contributed by atoms with E-state index in [-0.39, 0.29) is 19.1 Å². The molecule has 0 saturated carbocycles. The number of hydrogen-bond acceptors (Lipinski definition) is 6. The number of nitrogens with one attached hydrogen (secondary N) is 1. The van der Waals surface area contributed by atoms with Crippen molar-refractivity contribution in [2.24, 2.45) is 5.92 Å². The summed E-state index contributed by atoms with van der Waals surface area (Å²) in [6.45, 7) is 3.69. The summed E-state index contributed by atoms with van der Waals surface area (Å²) in [7, 11) is 0. The molecule has 0 unspecified atom stereocenters. The summed E-state index contributed by atoms with van der Waals surface area (Å²) in [5, 5.41) is 4.93. The molecule has 8 nitrogen and oxygen atoms in total. The number of nitrogens with zero attached hydrogens (tertiary/aromatic N) is 2. The predicted molar refractivity (Wildman–Crippen MR) is 124 cm³/mol. The molecule has 0 bridgehead atoms. The first-order valence-corrected chi connectivity index (χ1v) is 10.9. The lowest BCUT2D eigenvalue weighted by Crippen LogP contribution is -2.69. The minimum Gasteiger partial charge on any atom is -0.464 e. The first-order valence-electron chi connectivity index (χ1n) is 10.9. The van der Waals surface area contributed by atoms with Crippen LogP contribution in [0.15, 0.2) is 60.8 Å². The second-order valence-electron chi connectivity index (χ2n) is 8.04. The number of benzene rings is 2. The molecule has 170 valence electrons. The van der Waals surface area contributed by atoms with E-state index >= 15 is 0 Å². The Kier molecular flexibility index (Phi) is 6.26. The Morgan fingerprint density at radius 2 is 1.94 bits per heavy atom. The van der Waals surface area contributed by atoms with Crippen molar-refractivity contribution in [1.29, 1.82) is 0 Å². The van der Waals surface area contributed by atoms with Gasteiger partial charge >= 0.3 is 12.0 Å². The number of rotatable bonds is 6. The number of likely N-dealkylation sites (tertiary alicyclic amines) is 1. The zero-order chi connectivity index (χ0) is 23.5. The molecular weight excluding hydrogens is 420 g/mol. The van der Waals surface area contributed by atoms with E-state index < -0.39 is 29.9 Å². The number of nitrogens with two attached hydrogens (primary N) is 1. The number of carbonyl (C=O) groups is 3. The number of ether oxygens (including phenoxy) is 1. The highest BCUT2D eigenvalue weighted by Gasteiger charge is 2.55. The number of imide groups is 1. The van der Waals surface area contributed by atoms with Crippen LogP contribution in [0.2, 0.25) is 0 Å². The molecule has 1 fully saturated rings. The van der Waals surface area contributed by atoms with Crippen LogP contribution >= 0.6 is 0 Å². The number of anilines is 1. The van der Waals surface area contributed by atoms with Gasteiger partial charge in [0.05, 0.1) is 18.6 Å². The number of nitrogen functional groups attached to an aromatic ring is 1. The average molecular weight is 447 g/mol. The molecule has 2 heterocycles. The second kappa shape index (κ2) is 9.28. The Labute approximate surface area is 191 Å². The van der Waals surface area contributed by atoms with Crippen LogP contribution in [0.4, 0.5) is 10.6 Å². The number of aromatic nitrogens is 1. The Morgan fingerprint density at radius 1 is 1.18 bits per heavy atom. The van der Waals surface area contributed by atoms with Gasteiger partial charge in [-0.2, -0.15) is 0 Å². The fourth-order valence-electron chi connectivity index (χ4n) is 4.31. The fraction of sp³-hybridized carbons (Fsp3) is 0.280. The summed E-state index contributed by atoms with van der Waals surface area (Å²) in [6.07, 6.45) is 1.81. The molecule has 1 saturated heterocycles. The van der Waals surface area contributed by atoms with Gasteiger partial charge in [-0.15, -0.1) is 0 Å². The molecule has 1 aromatic heterocycles. The maximum Gasteiger partial charge on any atom is 0.330 e. The summed E-state index contributed by atoms with van der Waals surface area (Å²) < 4.78 is 5.16. The highest BCUT2D eigenvalue weighted by molar-refractivity contribution is 6.08. The van der Waals surface area contributed by atoms with Crippen LogP contribution in [-0.4, -0.2) is 40.4 Å². The Hall–Kier alpha value is -3.94. The van der Waals surface area contributed by atoms with Gasteiger partial charge in [0.1, 0.15) is 5.82 Å². The van der Waals surface area contributed by atoms with Crippen LogP contribution in [-0.2, 0) is 20.7 Å². The Morgan fingerprint density at radius 3 is 2.70 bits per heavy atom. The van der Waals surface area contributed by atoms with Crippen LogP contribution in [0.25, 0.3) is 10.8 Å². The van der Waals surface area contributed by atoms with Crippen molar-refractivity contribution in [3.8, 4) is 0 Å². The van der Waals surface area contributed by atoms with Crippen molar-refractivity contribution in [3.63, 3.8) is 0 Å². The van der Waals surface area contributed by atoms with Gasteiger partial charge in [-0.25, -0.2) is 19.5 Å². The molecule has 0 radical (unpaired) electrons. The summed E-state index contributed by atoms with van der Waals surface area (Å²) >= 11 is 0. The minimum atomic E-state index is -0.994. The molecule has 4 rings (SSSR count). The minimum absolute atomic E-state index is 0.153. The van der Waals surface area contributed by atoms with E-state index in [1.165, 1.54) is 0 Å². The zero-order valence-electron chi connectivity index (χ0n) is 18.5. The molecule has 0 spiro atoms. The third-order valence-corrected chi connectivity index (χ3v) is 5.89. The van der Waals surface area contributed by atoms with E-state index in [0.29, 0.717) is 5.82 Å². The van der Waals surface area contributed by atoms with Gasteiger partial charge < -0.3 is 15.8 Å². The molecule has 1 aliphatic rings. The van der Waals surface area contributed by atoms with Crippen molar-refractivity contribution in [3.05, 3.63) is 71.9 Å². The van der Waals surface area contributed by atoms with E-state index in [1.807, 2.05) is 49.4 Å². The van der Waals surface area contributed by atoms with Gasteiger partial charge in [0.2, 0.25) is 5.91 Å². The van der Waals surface area contributed by atoms with Crippen molar-refractivity contribution >= 4 is 34.5 Å². The summed E-state index contributed by atoms with van der Waals surface area (Å²) in [5.41, 5.74) is 7.42. The van der Waals surface area contributed by atoms with Crippen LogP contribution in [0.5, 0.6) is 0 Å². The average Bonchev–Trinajstić information content (AvgIpc) is 2.80. The number of fused-ring (bicyclic) bond motifs is 1. The summed E-state index contributed by atoms with van der Waals surface area (Å²) in [6, 6.07) is 15.1. The van der Waals surface area contributed by atoms with Crippen LogP contribution in [0.1, 0.15) is 31.0 Å². The van der Waals surface area contributed by atoms with Gasteiger partial charge in [-0.3, -0.25) is 4.79 Å². The molecule has 3 atom stereocenters. The van der Waals surface area contributed by atoms with E-state index in [9.17, 15) is 14.4 Å². The lowest BCUT2D eigenvalue weighted by Gasteiger charge is -2.44. The van der Waals surface area contributed by atoms with E-state index in [0.717, 1.165) is 26.8 Å². The lowest BCUT2D eigenvalue weighted by atomic mass is 9.82. The van der Waals surface area contributed by atoms with Crippen molar-refractivity contribution < 1.29 is 19.1 Å². The molecule has 3 amide bonds. The summed E-state index contributed by atoms with van der Waals surface area (Å²) in [5.74, 6) is -1.40. The number of urea groups is 1. The van der Waals surface area contributed by atoms with Gasteiger partial charge in [0.25, 0.3) is 0 Å².